The van der Waals surface area contributed by atoms with Gasteiger partial charge >= 0.3 is 0 Å². The first-order chi connectivity index (χ1) is 12.6. The monoisotopic (exact) mass is 354 g/mol. The van der Waals surface area contributed by atoms with Crippen LogP contribution >= 0.6 is 0 Å². The van der Waals surface area contributed by atoms with Gasteiger partial charge in [0.2, 0.25) is 0 Å². The number of aryl methyl sites for hydroxylation is 1. The SMILES string of the molecule is Cc1cccc(NC(=O)c2cc(N3CCC4(CC3)OCCO4)ncn2)c1. The molecule has 1 amide bonds. The minimum atomic E-state index is -0.422. The van der Waals surface area contributed by atoms with E-state index in [1.165, 1.54) is 6.33 Å². The summed E-state index contributed by atoms with van der Waals surface area (Å²) in [7, 11) is 0. The third-order valence-electron chi connectivity index (χ3n) is 4.82. The molecule has 7 nitrogen and oxygen atoms in total. The second kappa shape index (κ2) is 7.01. The summed E-state index contributed by atoms with van der Waals surface area (Å²) in [6.07, 6.45) is 3.02. The van der Waals surface area contributed by atoms with Crippen LogP contribution in [-0.2, 0) is 9.47 Å². The minimum Gasteiger partial charge on any atom is -0.356 e. The van der Waals surface area contributed by atoms with Gasteiger partial charge in [0.15, 0.2) is 5.79 Å². The molecule has 0 atom stereocenters. The molecule has 1 spiro atoms. The highest BCUT2D eigenvalue weighted by Crippen LogP contribution is 2.32. The van der Waals surface area contributed by atoms with Crippen molar-refractivity contribution in [3.05, 3.63) is 47.9 Å². The summed E-state index contributed by atoms with van der Waals surface area (Å²) in [6, 6.07) is 9.41. The smallest absolute Gasteiger partial charge is 0.274 e. The maximum absolute atomic E-state index is 12.5. The van der Waals surface area contributed by atoms with Gasteiger partial charge in [-0.15, -0.1) is 0 Å². The Bertz CT molecular complexity index is 795. The number of piperidine rings is 1. The van der Waals surface area contributed by atoms with Crippen LogP contribution in [0.5, 0.6) is 0 Å². The van der Waals surface area contributed by atoms with Gasteiger partial charge in [-0.25, -0.2) is 9.97 Å². The average Bonchev–Trinajstić information content (AvgIpc) is 3.10. The molecule has 2 aromatic rings. The van der Waals surface area contributed by atoms with Crippen molar-refractivity contribution in [1.29, 1.82) is 0 Å². The molecule has 2 aliphatic heterocycles. The Morgan fingerprint density at radius 2 is 1.92 bits per heavy atom. The molecule has 1 aromatic carbocycles. The number of aromatic nitrogens is 2. The van der Waals surface area contributed by atoms with Crippen LogP contribution in [0.3, 0.4) is 0 Å². The number of rotatable bonds is 3. The van der Waals surface area contributed by atoms with Crippen molar-refractivity contribution < 1.29 is 14.3 Å². The average molecular weight is 354 g/mol. The molecule has 2 fully saturated rings. The fourth-order valence-corrected chi connectivity index (χ4v) is 3.42. The van der Waals surface area contributed by atoms with Crippen molar-refractivity contribution in [3.63, 3.8) is 0 Å². The highest BCUT2D eigenvalue weighted by Gasteiger charge is 2.40. The van der Waals surface area contributed by atoms with Crippen molar-refractivity contribution >= 4 is 17.4 Å². The summed E-state index contributed by atoms with van der Waals surface area (Å²) >= 11 is 0. The van der Waals surface area contributed by atoms with E-state index in [1.807, 2.05) is 31.2 Å². The zero-order valence-corrected chi connectivity index (χ0v) is 14.8. The summed E-state index contributed by atoms with van der Waals surface area (Å²) in [5, 5.41) is 2.88. The van der Waals surface area contributed by atoms with Gasteiger partial charge in [-0.2, -0.15) is 0 Å². The summed E-state index contributed by atoms with van der Waals surface area (Å²) in [4.78, 5) is 23.1. The number of carbonyl (C=O) groups is 1. The summed E-state index contributed by atoms with van der Waals surface area (Å²) in [5.74, 6) is 0.0898. The predicted octanol–water partition coefficient (Wildman–Crippen LogP) is 2.38. The number of hydrogen-bond donors (Lipinski definition) is 1. The van der Waals surface area contributed by atoms with Crippen molar-refractivity contribution in [1.82, 2.24) is 9.97 Å². The first-order valence-corrected chi connectivity index (χ1v) is 8.87. The van der Waals surface area contributed by atoms with Crippen molar-refractivity contribution in [2.24, 2.45) is 0 Å². The second-order valence-electron chi connectivity index (χ2n) is 6.68. The summed E-state index contributed by atoms with van der Waals surface area (Å²) < 4.78 is 11.5. The number of amides is 1. The molecule has 2 aliphatic rings. The van der Waals surface area contributed by atoms with Gasteiger partial charge in [-0.05, 0) is 24.6 Å². The van der Waals surface area contributed by atoms with Gasteiger partial charge in [-0.1, -0.05) is 12.1 Å². The quantitative estimate of drug-likeness (QED) is 0.912. The molecule has 0 aliphatic carbocycles. The Morgan fingerprint density at radius 3 is 2.65 bits per heavy atom. The minimum absolute atomic E-state index is 0.241. The Kier molecular flexibility index (Phi) is 4.57. The lowest BCUT2D eigenvalue weighted by molar-refractivity contribution is -0.169. The fourth-order valence-electron chi connectivity index (χ4n) is 3.42. The highest BCUT2D eigenvalue weighted by molar-refractivity contribution is 6.03. The zero-order valence-electron chi connectivity index (χ0n) is 14.8. The number of nitrogens with one attached hydrogen (secondary N) is 1. The van der Waals surface area contributed by atoms with Gasteiger partial charge in [0, 0.05) is 37.7 Å². The molecular weight excluding hydrogens is 332 g/mol. The number of hydrogen-bond acceptors (Lipinski definition) is 6. The molecule has 1 N–H and O–H groups in total. The summed E-state index contributed by atoms with van der Waals surface area (Å²) in [6.45, 7) is 4.86. The van der Waals surface area contributed by atoms with Crippen LogP contribution < -0.4 is 10.2 Å². The number of nitrogens with zero attached hydrogens (tertiary/aromatic N) is 3. The lowest BCUT2D eigenvalue weighted by atomic mass is 10.0. The van der Waals surface area contributed by atoms with Crippen LogP contribution in [0.2, 0.25) is 0 Å². The first-order valence-electron chi connectivity index (χ1n) is 8.87. The first kappa shape index (κ1) is 16.9. The van der Waals surface area contributed by atoms with Crippen LogP contribution in [0.15, 0.2) is 36.7 Å². The fraction of sp³-hybridized carbons (Fsp3) is 0.421. The molecule has 7 heteroatoms. The van der Waals surface area contributed by atoms with E-state index in [-0.39, 0.29) is 5.91 Å². The van der Waals surface area contributed by atoms with Gasteiger partial charge in [0.05, 0.1) is 13.2 Å². The Balaban J connectivity index is 1.44. The predicted molar refractivity (Wildman–Crippen MR) is 97.2 cm³/mol. The molecular formula is C19H22N4O3. The Hall–Kier alpha value is -2.51. The normalized spacial score (nSPS) is 18.9. The van der Waals surface area contributed by atoms with Gasteiger partial charge < -0.3 is 19.7 Å². The van der Waals surface area contributed by atoms with E-state index in [9.17, 15) is 4.79 Å². The molecule has 0 bridgehead atoms. The van der Waals surface area contributed by atoms with Crippen molar-refractivity contribution in [2.75, 3.05) is 36.5 Å². The highest BCUT2D eigenvalue weighted by atomic mass is 16.7. The molecule has 0 radical (unpaired) electrons. The van der Waals surface area contributed by atoms with Gasteiger partial charge in [0.1, 0.15) is 17.8 Å². The molecule has 1 aromatic heterocycles. The van der Waals surface area contributed by atoms with Crippen LogP contribution in [0, 0.1) is 6.92 Å². The molecule has 4 rings (SSSR count). The maximum atomic E-state index is 12.5. The third kappa shape index (κ3) is 3.54. The van der Waals surface area contributed by atoms with E-state index in [0.29, 0.717) is 18.9 Å². The van der Waals surface area contributed by atoms with E-state index in [2.05, 4.69) is 20.2 Å². The van der Waals surface area contributed by atoms with Crippen LogP contribution in [0.25, 0.3) is 0 Å². The molecule has 26 heavy (non-hydrogen) atoms. The second-order valence-corrected chi connectivity index (χ2v) is 6.68. The number of carbonyl (C=O) groups excluding carboxylic acids is 1. The Morgan fingerprint density at radius 1 is 1.15 bits per heavy atom. The molecule has 0 saturated carbocycles. The van der Waals surface area contributed by atoms with Crippen LogP contribution in [-0.4, -0.2) is 48.0 Å². The Labute approximate surface area is 152 Å². The lowest BCUT2D eigenvalue weighted by Gasteiger charge is -2.38. The van der Waals surface area contributed by atoms with Crippen LogP contribution in [0.4, 0.5) is 11.5 Å². The van der Waals surface area contributed by atoms with Crippen molar-refractivity contribution in [3.8, 4) is 0 Å². The number of ether oxygens (including phenoxy) is 2. The standard InChI is InChI=1S/C19H22N4O3/c1-14-3-2-4-15(11-14)22-18(24)16-12-17(21-13-20-16)23-7-5-19(6-8-23)25-9-10-26-19/h2-4,11-13H,5-10H2,1H3,(H,22,24). The molecule has 0 unspecified atom stereocenters. The molecule has 136 valence electrons. The topological polar surface area (TPSA) is 76.6 Å². The molecule has 2 saturated heterocycles. The molecule has 3 heterocycles. The largest absolute Gasteiger partial charge is 0.356 e. The van der Waals surface area contributed by atoms with Gasteiger partial charge in [0.25, 0.3) is 5.91 Å². The van der Waals surface area contributed by atoms with E-state index in [1.54, 1.807) is 6.07 Å². The van der Waals surface area contributed by atoms with Gasteiger partial charge in [-0.3, -0.25) is 4.79 Å². The van der Waals surface area contributed by atoms with E-state index >= 15 is 0 Å². The summed E-state index contributed by atoms with van der Waals surface area (Å²) in [5.41, 5.74) is 2.19. The zero-order chi connectivity index (χ0) is 18.0. The van der Waals surface area contributed by atoms with E-state index in [0.717, 1.165) is 43.0 Å². The number of benzene rings is 1. The van der Waals surface area contributed by atoms with Crippen LogP contribution in [0.1, 0.15) is 28.9 Å². The maximum Gasteiger partial charge on any atom is 0.274 e. The third-order valence-corrected chi connectivity index (χ3v) is 4.82. The number of anilines is 2. The lowest BCUT2D eigenvalue weighted by Crippen LogP contribution is -2.45. The van der Waals surface area contributed by atoms with E-state index < -0.39 is 5.79 Å². The van der Waals surface area contributed by atoms with Crippen molar-refractivity contribution in [2.45, 2.75) is 25.6 Å². The van der Waals surface area contributed by atoms with E-state index in [4.69, 9.17) is 9.47 Å².